The summed E-state index contributed by atoms with van der Waals surface area (Å²) in [5.74, 6) is 0.208. The first-order valence-electron chi connectivity index (χ1n) is 9.79. The molecule has 148 valence electrons. The summed E-state index contributed by atoms with van der Waals surface area (Å²) >= 11 is 12.8. The molecule has 2 aromatic carbocycles. The molecule has 2 aliphatic rings. The average molecular weight is 418 g/mol. The highest BCUT2D eigenvalue weighted by atomic mass is 35.5. The Hall–Kier alpha value is -1.75. The largest absolute Gasteiger partial charge is 0.334 e. The lowest BCUT2D eigenvalue weighted by molar-refractivity contribution is 0.208. The fourth-order valence-corrected chi connectivity index (χ4v) is 4.83. The van der Waals surface area contributed by atoms with Crippen LogP contribution in [0.3, 0.4) is 0 Å². The number of likely N-dealkylation sites (tertiary alicyclic amines) is 1. The van der Waals surface area contributed by atoms with Gasteiger partial charge in [-0.3, -0.25) is 0 Å². The minimum atomic E-state index is 0.0317. The van der Waals surface area contributed by atoms with Crippen LogP contribution in [0, 0.1) is 0 Å². The molecule has 0 aliphatic carbocycles. The highest BCUT2D eigenvalue weighted by Gasteiger charge is 2.27. The maximum Gasteiger partial charge on any atom is 0.317 e. The third kappa shape index (κ3) is 4.14. The Morgan fingerprint density at radius 1 is 1.18 bits per heavy atom. The molecule has 1 unspecified atom stereocenters. The molecule has 6 heteroatoms. The van der Waals surface area contributed by atoms with Crippen LogP contribution in [-0.2, 0) is 13.1 Å². The van der Waals surface area contributed by atoms with Crippen molar-refractivity contribution in [3.8, 4) is 0 Å². The number of fused-ring (bicyclic) bond motifs is 1. The maximum absolute atomic E-state index is 12.3. The van der Waals surface area contributed by atoms with E-state index in [1.807, 2.05) is 17.0 Å². The van der Waals surface area contributed by atoms with E-state index in [0.29, 0.717) is 11.6 Å². The first kappa shape index (κ1) is 19.6. The molecule has 2 aliphatic heterocycles. The average Bonchev–Trinajstić information content (AvgIpc) is 3.21. The minimum Gasteiger partial charge on any atom is -0.334 e. The molecule has 4 nitrogen and oxygen atoms in total. The van der Waals surface area contributed by atoms with E-state index in [1.165, 1.54) is 11.1 Å². The number of amides is 2. The van der Waals surface area contributed by atoms with Gasteiger partial charge in [0.2, 0.25) is 0 Å². The van der Waals surface area contributed by atoms with Gasteiger partial charge in [-0.05, 0) is 54.3 Å². The molecular formula is C22H25Cl2N3O. The number of hydrogen-bond donors (Lipinski definition) is 1. The number of urea groups is 1. The Morgan fingerprint density at radius 3 is 2.75 bits per heavy atom. The van der Waals surface area contributed by atoms with Gasteiger partial charge in [0, 0.05) is 48.7 Å². The molecule has 0 spiro atoms. The van der Waals surface area contributed by atoms with Gasteiger partial charge in [0.1, 0.15) is 0 Å². The van der Waals surface area contributed by atoms with Crippen LogP contribution >= 0.6 is 23.2 Å². The number of carbonyl (C=O) groups is 1. The zero-order valence-electron chi connectivity index (χ0n) is 16.0. The minimum absolute atomic E-state index is 0.0317. The number of nitrogens with one attached hydrogen (secondary N) is 1. The number of hydrogen-bond acceptors (Lipinski definition) is 2. The van der Waals surface area contributed by atoms with Crippen molar-refractivity contribution < 1.29 is 4.79 Å². The highest BCUT2D eigenvalue weighted by molar-refractivity contribution is 6.35. The first-order valence-corrected chi connectivity index (χ1v) is 10.5. The van der Waals surface area contributed by atoms with Gasteiger partial charge in [0.15, 0.2) is 0 Å². The van der Waals surface area contributed by atoms with Crippen molar-refractivity contribution in [1.29, 1.82) is 0 Å². The lowest BCUT2D eigenvalue weighted by Crippen LogP contribution is -2.37. The Labute approximate surface area is 176 Å². The molecule has 1 atom stereocenters. The van der Waals surface area contributed by atoms with E-state index in [9.17, 15) is 4.79 Å². The van der Waals surface area contributed by atoms with E-state index >= 15 is 0 Å². The van der Waals surface area contributed by atoms with Gasteiger partial charge in [-0.25, -0.2) is 4.79 Å². The Morgan fingerprint density at radius 2 is 1.96 bits per heavy atom. The normalized spacial score (nSPS) is 19.5. The number of benzene rings is 2. The van der Waals surface area contributed by atoms with E-state index in [0.717, 1.165) is 55.2 Å². The molecule has 2 aromatic rings. The van der Waals surface area contributed by atoms with Crippen LogP contribution < -0.4 is 5.32 Å². The molecule has 1 saturated heterocycles. The van der Waals surface area contributed by atoms with Gasteiger partial charge in [0.25, 0.3) is 0 Å². The molecular weight excluding hydrogens is 393 g/mol. The van der Waals surface area contributed by atoms with Gasteiger partial charge < -0.3 is 15.1 Å². The second kappa shape index (κ2) is 8.32. The second-order valence-electron chi connectivity index (χ2n) is 7.80. The Kier molecular flexibility index (Phi) is 5.81. The third-order valence-corrected chi connectivity index (χ3v) is 6.24. The molecule has 0 aromatic heterocycles. The molecule has 0 radical (unpaired) electrons. The second-order valence-corrected chi connectivity index (χ2v) is 8.65. The molecule has 28 heavy (non-hydrogen) atoms. The first-order chi connectivity index (χ1) is 13.5. The summed E-state index contributed by atoms with van der Waals surface area (Å²) in [6.07, 6.45) is 2.20. The van der Waals surface area contributed by atoms with Crippen LogP contribution in [0.2, 0.25) is 10.0 Å². The van der Waals surface area contributed by atoms with Crippen molar-refractivity contribution in [1.82, 2.24) is 15.1 Å². The van der Waals surface area contributed by atoms with Crippen molar-refractivity contribution in [2.24, 2.45) is 0 Å². The van der Waals surface area contributed by atoms with Crippen molar-refractivity contribution in [3.05, 3.63) is 68.7 Å². The maximum atomic E-state index is 12.3. The predicted octanol–water partition coefficient (Wildman–Crippen LogP) is 4.88. The van der Waals surface area contributed by atoms with Crippen molar-refractivity contribution in [2.75, 3.05) is 26.7 Å². The molecule has 0 saturated carbocycles. The van der Waals surface area contributed by atoms with Crippen LogP contribution in [0.1, 0.15) is 41.0 Å². The standard InChI is InChI=1S/C22H25Cl2N3O/c1-26-13-19(18-10-17(23)11-21(24)20(18)14-26)16-6-4-5-15(9-16)12-25-22(28)27-7-2-3-8-27/h4-6,9-11,19H,2-3,7-8,12-14H2,1H3,(H,25,28). The molecule has 1 N–H and O–H groups in total. The van der Waals surface area contributed by atoms with Crippen molar-refractivity contribution in [2.45, 2.75) is 31.8 Å². The highest BCUT2D eigenvalue weighted by Crippen LogP contribution is 2.38. The summed E-state index contributed by atoms with van der Waals surface area (Å²) in [5, 5.41) is 4.45. The summed E-state index contributed by atoms with van der Waals surface area (Å²) in [4.78, 5) is 16.4. The molecule has 2 amide bonds. The number of carbonyl (C=O) groups excluding carboxylic acids is 1. The van der Waals surface area contributed by atoms with Crippen LogP contribution in [0.4, 0.5) is 4.79 Å². The van der Waals surface area contributed by atoms with Gasteiger partial charge in [-0.15, -0.1) is 0 Å². The lowest BCUT2D eigenvalue weighted by atomic mass is 9.84. The Bertz CT molecular complexity index is 880. The third-order valence-electron chi connectivity index (χ3n) is 5.68. The summed E-state index contributed by atoms with van der Waals surface area (Å²) in [6.45, 7) is 3.99. The predicted molar refractivity (Wildman–Crippen MR) is 114 cm³/mol. The zero-order valence-corrected chi connectivity index (χ0v) is 17.6. The smallest absolute Gasteiger partial charge is 0.317 e. The van der Waals surface area contributed by atoms with Gasteiger partial charge in [-0.1, -0.05) is 47.5 Å². The molecule has 0 bridgehead atoms. The van der Waals surface area contributed by atoms with E-state index < -0.39 is 0 Å². The fraction of sp³-hybridized carbons (Fsp3) is 0.409. The fourth-order valence-electron chi connectivity index (χ4n) is 4.26. The van der Waals surface area contributed by atoms with E-state index in [4.69, 9.17) is 23.2 Å². The lowest BCUT2D eigenvalue weighted by Gasteiger charge is -2.33. The van der Waals surface area contributed by atoms with E-state index in [1.54, 1.807) is 0 Å². The summed E-state index contributed by atoms with van der Waals surface area (Å²) in [7, 11) is 2.11. The number of likely N-dealkylation sites (N-methyl/N-ethyl adjacent to an activating group) is 1. The summed E-state index contributed by atoms with van der Waals surface area (Å²) in [6, 6.07) is 12.4. The summed E-state index contributed by atoms with van der Waals surface area (Å²) < 4.78 is 0. The van der Waals surface area contributed by atoms with E-state index in [2.05, 4.69) is 41.5 Å². The van der Waals surface area contributed by atoms with Gasteiger partial charge >= 0.3 is 6.03 Å². The van der Waals surface area contributed by atoms with Crippen LogP contribution in [0.15, 0.2) is 36.4 Å². The van der Waals surface area contributed by atoms with Crippen molar-refractivity contribution >= 4 is 29.2 Å². The number of nitrogens with zero attached hydrogens (tertiary/aromatic N) is 2. The van der Waals surface area contributed by atoms with Crippen molar-refractivity contribution in [3.63, 3.8) is 0 Å². The quantitative estimate of drug-likeness (QED) is 0.772. The molecule has 1 fully saturated rings. The van der Waals surface area contributed by atoms with Gasteiger partial charge in [-0.2, -0.15) is 0 Å². The molecule has 4 rings (SSSR count). The van der Waals surface area contributed by atoms with E-state index in [-0.39, 0.29) is 11.9 Å². The van der Waals surface area contributed by atoms with Crippen LogP contribution in [0.5, 0.6) is 0 Å². The van der Waals surface area contributed by atoms with Crippen LogP contribution in [-0.4, -0.2) is 42.5 Å². The Balaban J connectivity index is 1.55. The summed E-state index contributed by atoms with van der Waals surface area (Å²) in [5.41, 5.74) is 4.68. The monoisotopic (exact) mass is 417 g/mol. The SMILES string of the molecule is CN1Cc2c(Cl)cc(Cl)cc2C(c2cccc(CNC(=O)N3CCCC3)c2)C1. The van der Waals surface area contributed by atoms with Crippen LogP contribution in [0.25, 0.3) is 0 Å². The zero-order chi connectivity index (χ0) is 19.7. The molecule has 2 heterocycles. The van der Waals surface area contributed by atoms with Gasteiger partial charge in [0.05, 0.1) is 0 Å². The topological polar surface area (TPSA) is 35.6 Å². The number of halogens is 2. The number of rotatable bonds is 3.